The summed E-state index contributed by atoms with van der Waals surface area (Å²) in [6.07, 6.45) is 2.23. The van der Waals surface area contributed by atoms with E-state index in [1.54, 1.807) is 30.3 Å². The molecule has 180 valence electrons. The van der Waals surface area contributed by atoms with Gasteiger partial charge in [-0.2, -0.15) is 0 Å². The maximum Gasteiger partial charge on any atom is 0.348 e. The number of hydrogen-bond acceptors (Lipinski definition) is 9. The van der Waals surface area contributed by atoms with Crippen molar-refractivity contribution in [3.8, 4) is 11.5 Å². The molecule has 35 heavy (non-hydrogen) atoms. The predicted octanol–water partition coefficient (Wildman–Crippen LogP) is 3.08. The number of morpholine rings is 1. The van der Waals surface area contributed by atoms with E-state index >= 15 is 0 Å². The molecule has 1 fully saturated rings. The van der Waals surface area contributed by atoms with Crippen LogP contribution in [-0.4, -0.2) is 66.9 Å². The van der Waals surface area contributed by atoms with Gasteiger partial charge in [-0.05, 0) is 37.6 Å². The highest BCUT2D eigenvalue weighted by molar-refractivity contribution is 6.29. The Labute approximate surface area is 201 Å². The summed E-state index contributed by atoms with van der Waals surface area (Å²) in [5.41, 5.74) is -0.0669. The van der Waals surface area contributed by atoms with E-state index in [2.05, 4.69) is 9.88 Å². The first-order valence-electron chi connectivity index (χ1n) is 11.5. The zero-order chi connectivity index (χ0) is 24.4. The van der Waals surface area contributed by atoms with Crippen molar-refractivity contribution in [3.63, 3.8) is 0 Å². The molecule has 9 nitrogen and oxygen atoms in total. The summed E-state index contributed by atoms with van der Waals surface area (Å²) in [7, 11) is 0. The number of aromatic nitrogens is 1. The van der Waals surface area contributed by atoms with E-state index in [-0.39, 0.29) is 39.7 Å². The van der Waals surface area contributed by atoms with E-state index in [9.17, 15) is 14.4 Å². The van der Waals surface area contributed by atoms with Gasteiger partial charge in [0.05, 0.1) is 30.9 Å². The second kappa shape index (κ2) is 9.81. The summed E-state index contributed by atoms with van der Waals surface area (Å²) in [5, 5.41) is 0. The molecule has 0 amide bonds. The van der Waals surface area contributed by atoms with Gasteiger partial charge < -0.3 is 18.6 Å². The summed E-state index contributed by atoms with van der Waals surface area (Å²) in [5.74, 6) is -1.28. The number of fused-ring (bicyclic) bond motifs is 2. The highest BCUT2D eigenvalue weighted by Crippen LogP contribution is 2.34. The normalized spacial score (nSPS) is 15.5. The number of carbonyl (C=O) groups is 3. The van der Waals surface area contributed by atoms with Crippen LogP contribution in [0.3, 0.4) is 0 Å². The third-order valence-corrected chi connectivity index (χ3v) is 6.02. The number of rotatable bonds is 7. The van der Waals surface area contributed by atoms with Crippen LogP contribution in [0.2, 0.25) is 0 Å². The van der Waals surface area contributed by atoms with Crippen molar-refractivity contribution in [2.24, 2.45) is 0 Å². The van der Waals surface area contributed by atoms with Gasteiger partial charge in [-0.3, -0.25) is 19.5 Å². The quantitative estimate of drug-likeness (QED) is 0.226. The maximum absolute atomic E-state index is 13.2. The molecule has 3 aromatic rings. The summed E-state index contributed by atoms with van der Waals surface area (Å²) >= 11 is 0. The molecule has 2 aliphatic rings. The second-order valence-electron chi connectivity index (χ2n) is 8.29. The Kier molecular flexibility index (Phi) is 6.43. The second-order valence-corrected chi connectivity index (χ2v) is 8.29. The average Bonchev–Trinajstić information content (AvgIpc) is 3.24. The number of carbonyl (C=O) groups excluding carboxylic acids is 3. The van der Waals surface area contributed by atoms with Crippen LogP contribution in [0, 0.1) is 6.92 Å². The van der Waals surface area contributed by atoms with Crippen LogP contribution in [0.5, 0.6) is 11.5 Å². The third kappa shape index (κ3) is 4.48. The summed E-state index contributed by atoms with van der Waals surface area (Å²) in [6, 6.07) is 9.90. The lowest BCUT2D eigenvalue weighted by Crippen LogP contribution is -2.37. The zero-order valence-corrected chi connectivity index (χ0v) is 19.2. The van der Waals surface area contributed by atoms with Crippen molar-refractivity contribution >= 4 is 17.5 Å². The summed E-state index contributed by atoms with van der Waals surface area (Å²) < 4.78 is 22.4. The van der Waals surface area contributed by atoms with Crippen LogP contribution in [0.15, 0.2) is 47.0 Å². The van der Waals surface area contributed by atoms with Crippen LogP contribution in [-0.2, 0) is 4.74 Å². The monoisotopic (exact) mass is 476 g/mol. The van der Waals surface area contributed by atoms with E-state index in [0.717, 1.165) is 39.3 Å². The van der Waals surface area contributed by atoms with E-state index in [4.69, 9.17) is 18.6 Å². The van der Waals surface area contributed by atoms with E-state index in [1.807, 2.05) is 0 Å². The van der Waals surface area contributed by atoms with Gasteiger partial charge in [0.25, 0.3) is 0 Å². The highest BCUT2D eigenvalue weighted by Gasteiger charge is 2.40. The average molecular weight is 476 g/mol. The Morgan fingerprint density at radius 2 is 1.83 bits per heavy atom. The fourth-order valence-corrected chi connectivity index (χ4v) is 4.28. The van der Waals surface area contributed by atoms with Crippen molar-refractivity contribution in [1.29, 1.82) is 0 Å². The maximum atomic E-state index is 13.2. The van der Waals surface area contributed by atoms with E-state index in [1.165, 1.54) is 19.2 Å². The molecule has 1 aromatic carbocycles. The Bertz CT molecular complexity index is 1290. The first-order valence-corrected chi connectivity index (χ1v) is 11.5. The highest BCUT2D eigenvalue weighted by atomic mass is 16.6. The minimum absolute atomic E-state index is 0.0103. The predicted molar refractivity (Wildman–Crippen MR) is 123 cm³/mol. The van der Waals surface area contributed by atoms with Crippen molar-refractivity contribution < 1.29 is 33.0 Å². The van der Waals surface area contributed by atoms with Gasteiger partial charge in [-0.25, -0.2) is 4.79 Å². The number of ether oxygens (including phenoxy) is 3. The van der Waals surface area contributed by atoms with E-state index < -0.39 is 17.5 Å². The minimum Gasteiger partial charge on any atom is -0.490 e. The molecular weight excluding hydrogens is 452 g/mol. The topological polar surface area (TPSA) is 108 Å². The Hall–Kier alpha value is -3.82. The molecule has 1 saturated heterocycles. The number of benzene rings is 1. The Morgan fingerprint density at radius 1 is 1.06 bits per heavy atom. The zero-order valence-electron chi connectivity index (χ0n) is 19.2. The molecule has 1 aliphatic carbocycles. The number of furan rings is 1. The fourth-order valence-electron chi connectivity index (χ4n) is 4.28. The van der Waals surface area contributed by atoms with E-state index in [0.29, 0.717) is 12.4 Å². The SMILES string of the molecule is Cc1oc2c(c1C(=O)Oc1ccccc1OCCCN1CCOCC1)C(=O)c1ncccc1C2=O. The number of pyridine rings is 1. The molecule has 3 heterocycles. The number of esters is 1. The molecule has 9 heteroatoms. The number of nitrogens with zero attached hydrogens (tertiary/aromatic N) is 2. The van der Waals surface area contributed by atoms with Crippen LogP contribution in [0.4, 0.5) is 0 Å². The minimum atomic E-state index is -0.808. The fraction of sp³-hybridized carbons (Fsp3) is 0.308. The summed E-state index contributed by atoms with van der Waals surface area (Å²) in [4.78, 5) is 45.5. The van der Waals surface area contributed by atoms with Crippen molar-refractivity contribution in [1.82, 2.24) is 9.88 Å². The Morgan fingerprint density at radius 3 is 2.63 bits per heavy atom. The lowest BCUT2D eigenvalue weighted by molar-refractivity contribution is 0.0357. The molecule has 0 N–H and O–H groups in total. The van der Waals surface area contributed by atoms with Gasteiger partial charge in [0.2, 0.25) is 11.6 Å². The largest absolute Gasteiger partial charge is 0.490 e. The molecule has 0 saturated carbocycles. The van der Waals surface area contributed by atoms with Crippen LogP contribution < -0.4 is 9.47 Å². The molecule has 0 spiro atoms. The van der Waals surface area contributed by atoms with Gasteiger partial charge in [0.15, 0.2) is 17.3 Å². The standard InChI is InChI=1S/C26H24N2O7/c1-16-20(21-24(30)22-17(6-4-9-27-22)23(29)25(21)34-16)26(31)35-19-8-3-2-7-18(19)33-13-5-10-28-11-14-32-15-12-28/h2-4,6-9H,5,10-15H2,1H3. The van der Waals surface area contributed by atoms with Crippen molar-refractivity contribution in [2.75, 3.05) is 39.5 Å². The molecule has 0 unspecified atom stereocenters. The molecule has 0 atom stereocenters. The lowest BCUT2D eigenvalue weighted by Gasteiger charge is -2.26. The molecule has 2 aromatic heterocycles. The first-order chi connectivity index (χ1) is 17.0. The molecule has 1 aliphatic heterocycles. The van der Waals surface area contributed by atoms with Crippen molar-refractivity contribution in [2.45, 2.75) is 13.3 Å². The lowest BCUT2D eigenvalue weighted by atomic mass is 9.90. The smallest absolute Gasteiger partial charge is 0.348 e. The van der Waals surface area contributed by atoms with Gasteiger partial charge in [0, 0.05) is 25.8 Å². The van der Waals surface area contributed by atoms with Gasteiger partial charge in [0.1, 0.15) is 17.0 Å². The molecule has 0 bridgehead atoms. The van der Waals surface area contributed by atoms with Crippen molar-refractivity contribution in [3.05, 3.63) is 76.5 Å². The van der Waals surface area contributed by atoms with Gasteiger partial charge in [-0.15, -0.1) is 0 Å². The third-order valence-electron chi connectivity index (χ3n) is 6.02. The molecule has 0 radical (unpaired) electrons. The first kappa shape index (κ1) is 22.9. The molecule has 5 rings (SSSR count). The number of hydrogen-bond donors (Lipinski definition) is 0. The Balaban J connectivity index is 1.32. The number of para-hydroxylation sites is 2. The van der Waals surface area contributed by atoms with Crippen LogP contribution in [0.25, 0.3) is 0 Å². The van der Waals surface area contributed by atoms with Gasteiger partial charge in [-0.1, -0.05) is 12.1 Å². The van der Waals surface area contributed by atoms with Gasteiger partial charge >= 0.3 is 5.97 Å². The number of aryl methyl sites for hydroxylation is 1. The summed E-state index contributed by atoms with van der Waals surface area (Å²) in [6.45, 7) is 6.15. The van der Waals surface area contributed by atoms with Crippen LogP contribution >= 0.6 is 0 Å². The number of ketones is 2. The van der Waals surface area contributed by atoms with Crippen LogP contribution in [0.1, 0.15) is 54.7 Å². The molecular formula is C26H24N2O7.